The number of nitrogens with zero attached hydrogens (tertiary/aromatic N) is 2. The van der Waals surface area contributed by atoms with E-state index in [1.54, 1.807) is 0 Å². The maximum atomic E-state index is 12.5. The molecule has 0 spiro atoms. The molecule has 0 aromatic carbocycles. The average Bonchev–Trinajstić information content (AvgIpc) is 2.10. The lowest BCUT2D eigenvalue weighted by Gasteiger charge is -2.02. The molecule has 0 atom stereocenters. The largest absolute Gasteiger partial charge is 0.481 e. The van der Waals surface area contributed by atoms with Crippen molar-refractivity contribution >= 4 is 11.9 Å². The third kappa shape index (κ3) is 4.30. The molecule has 15 heavy (non-hydrogen) atoms. The summed E-state index contributed by atoms with van der Waals surface area (Å²) in [5.41, 5.74) is 0. The van der Waals surface area contributed by atoms with Crippen molar-refractivity contribution in [2.45, 2.75) is 12.8 Å². The Bertz CT molecular complexity index is 339. The molecule has 2 N–H and O–H groups in total. The molecule has 0 aliphatic carbocycles. The maximum Gasteiger partial charge on any atom is 0.303 e. The SMILES string of the molecule is O=C(O)CCCNc1nc(F)cc(F)n1. The van der Waals surface area contributed by atoms with Crippen molar-refractivity contribution in [2.75, 3.05) is 11.9 Å². The molecule has 0 radical (unpaired) electrons. The van der Waals surface area contributed by atoms with E-state index in [2.05, 4.69) is 15.3 Å². The van der Waals surface area contributed by atoms with Crippen LogP contribution in [0.25, 0.3) is 0 Å². The molecule has 0 saturated carbocycles. The smallest absolute Gasteiger partial charge is 0.303 e. The second-order valence-electron chi connectivity index (χ2n) is 2.76. The fraction of sp³-hybridized carbons (Fsp3) is 0.375. The molecule has 0 bridgehead atoms. The van der Waals surface area contributed by atoms with Gasteiger partial charge in [-0.2, -0.15) is 18.7 Å². The van der Waals surface area contributed by atoms with Crippen molar-refractivity contribution in [1.82, 2.24) is 9.97 Å². The normalized spacial score (nSPS) is 10.0. The Morgan fingerprint density at radius 1 is 1.40 bits per heavy atom. The van der Waals surface area contributed by atoms with Gasteiger partial charge in [0, 0.05) is 19.0 Å². The van der Waals surface area contributed by atoms with Gasteiger partial charge >= 0.3 is 5.97 Å². The minimum absolute atomic E-state index is 0.0230. The monoisotopic (exact) mass is 217 g/mol. The molecular formula is C8H9F2N3O2. The molecule has 0 aliphatic heterocycles. The molecule has 0 amide bonds. The van der Waals surface area contributed by atoms with E-state index in [1.807, 2.05) is 0 Å². The Hall–Kier alpha value is -1.79. The van der Waals surface area contributed by atoms with Gasteiger partial charge in [0.25, 0.3) is 0 Å². The number of hydrogen-bond acceptors (Lipinski definition) is 4. The van der Waals surface area contributed by atoms with Crippen LogP contribution in [0.1, 0.15) is 12.8 Å². The van der Waals surface area contributed by atoms with Gasteiger partial charge in [-0.1, -0.05) is 0 Å². The van der Waals surface area contributed by atoms with Crippen LogP contribution in [0.3, 0.4) is 0 Å². The van der Waals surface area contributed by atoms with Crippen LogP contribution in [0.15, 0.2) is 6.07 Å². The fourth-order valence-electron chi connectivity index (χ4n) is 0.909. The van der Waals surface area contributed by atoms with Crippen LogP contribution in [0, 0.1) is 11.9 Å². The summed E-state index contributed by atoms with van der Waals surface area (Å²) in [4.78, 5) is 16.7. The van der Waals surface area contributed by atoms with Crippen molar-refractivity contribution in [2.24, 2.45) is 0 Å². The minimum atomic E-state index is -0.969. The molecule has 1 heterocycles. The molecule has 5 nitrogen and oxygen atoms in total. The first-order valence-electron chi connectivity index (χ1n) is 4.23. The van der Waals surface area contributed by atoms with Gasteiger partial charge in [0.2, 0.25) is 17.8 Å². The summed E-state index contributed by atoms with van der Waals surface area (Å²) in [7, 11) is 0. The molecule has 1 rings (SSSR count). The van der Waals surface area contributed by atoms with Crippen LogP contribution in [-0.4, -0.2) is 27.6 Å². The van der Waals surface area contributed by atoms with Crippen LogP contribution >= 0.6 is 0 Å². The highest BCUT2D eigenvalue weighted by molar-refractivity contribution is 5.66. The van der Waals surface area contributed by atoms with Gasteiger partial charge in [0.1, 0.15) is 0 Å². The van der Waals surface area contributed by atoms with Crippen molar-refractivity contribution in [3.63, 3.8) is 0 Å². The van der Waals surface area contributed by atoms with Crippen LogP contribution in [0.4, 0.5) is 14.7 Å². The molecule has 1 aromatic rings. The van der Waals surface area contributed by atoms with Gasteiger partial charge in [0.15, 0.2) is 0 Å². The second kappa shape index (κ2) is 5.18. The third-order valence-electron chi connectivity index (χ3n) is 1.51. The standard InChI is InChI=1S/C8H9F2N3O2/c9-5-4-6(10)13-8(12-5)11-3-1-2-7(14)15/h4H,1-3H2,(H,14,15)(H,11,12,13). The van der Waals surface area contributed by atoms with E-state index < -0.39 is 17.9 Å². The van der Waals surface area contributed by atoms with Crippen molar-refractivity contribution in [3.8, 4) is 0 Å². The molecule has 7 heteroatoms. The molecule has 0 fully saturated rings. The Kier molecular flexibility index (Phi) is 3.90. The number of hydrogen-bond donors (Lipinski definition) is 2. The lowest BCUT2D eigenvalue weighted by Crippen LogP contribution is -2.09. The number of carbonyl (C=O) groups is 1. The molecule has 1 aromatic heterocycles. The highest BCUT2D eigenvalue weighted by atomic mass is 19.1. The zero-order valence-corrected chi connectivity index (χ0v) is 7.70. The molecule has 0 saturated heterocycles. The number of nitrogens with one attached hydrogen (secondary N) is 1. The van der Waals surface area contributed by atoms with Crippen LogP contribution in [0.5, 0.6) is 0 Å². The highest BCUT2D eigenvalue weighted by Crippen LogP contribution is 2.03. The Balaban J connectivity index is 2.40. The number of carboxylic acids is 1. The van der Waals surface area contributed by atoms with E-state index in [0.717, 1.165) is 0 Å². The number of anilines is 1. The Morgan fingerprint density at radius 2 is 2.00 bits per heavy atom. The molecular weight excluding hydrogens is 208 g/mol. The van der Waals surface area contributed by atoms with E-state index in [0.29, 0.717) is 12.5 Å². The van der Waals surface area contributed by atoms with Crippen LogP contribution < -0.4 is 5.32 Å². The predicted molar refractivity (Wildman–Crippen MR) is 47.3 cm³/mol. The van der Waals surface area contributed by atoms with Crippen molar-refractivity contribution < 1.29 is 18.7 Å². The lowest BCUT2D eigenvalue weighted by atomic mass is 10.3. The van der Waals surface area contributed by atoms with E-state index in [1.165, 1.54) is 0 Å². The first-order chi connectivity index (χ1) is 7.08. The Morgan fingerprint density at radius 3 is 2.53 bits per heavy atom. The predicted octanol–water partition coefficient (Wildman–Crippen LogP) is 1.03. The first-order valence-corrected chi connectivity index (χ1v) is 4.23. The zero-order valence-electron chi connectivity index (χ0n) is 7.70. The van der Waals surface area contributed by atoms with Crippen molar-refractivity contribution in [1.29, 1.82) is 0 Å². The summed E-state index contributed by atoms with van der Waals surface area (Å²) in [6.07, 6.45) is 0.307. The van der Waals surface area contributed by atoms with Gasteiger partial charge in [-0.3, -0.25) is 4.79 Å². The van der Waals surface area contributed by atoms with Crippen LogP contribution in [0.2, 0.25) is 0 Å². The topological polar surface area (TPSA) is 75.1 Å². The number of aromatic nitrogens is 2. The summed E-state index contributed by atoms with van der Waals surface area (Å²) >= 11 is 0. The minimum Gasteiger partial charge on any atom is -0.481 e. The number of carboxylic acid groups (broad SMARTS) is 1. The van der Waals surface area contributed by atoms with Gasteiger partial charge in [-0.25, -0.2) is 0 Å². The lowest BCUT2D eigenvalue weighted by molar-refractivity contribution is -0.137. The summed E-state index contributed by atoms with van der Waals surface area (Å²) in [5.74, 6) is -3.05. The third-order valence-corrected chi connectivity index (χ3v) is 1.51. The quantitative estimate of drug-likeness (QED) is 0.569. The van der Waals surface area contributed by atoms with Gasteiger partial charge in [-0.05, 0) is 6.42 Å². The summed E-state index contributed by atoms with van der Waals surface area (Å²) in [6.45, 7) is 0.245. The average molecular weight is 217 g/mol. The molecule has 0 aliphatic rings. The van der Waals surface area contributed by atoms with E-state index >= 15 is 0 Å². The first kappa shape index (κ1) is 11.3. The van der Waals surface area contributed by atoms with Gasteiger partial charge in [-0.15, -0.1) is 0 Å². The highest BCUT2D eigenvalue weighted by Gasteiger charge is 2.03. The van der Waals surface area contributed by atoms with Gasteiger partial charge < -0.3 is 10.4 Å². The van der Waals surface area contributed by atoms with E-state index in [9.17, 15) is 13.6 Å². The number of rotatable bonds is 5. The van der Waals surface area contributed by atoms with Crippen molar-refractivity contribution in [3.05, 3.63) is 18.0 Å². The summed E-state index contributed by atoms with van der Waals surface area (Å²) in [5, 5.41) is 10.8. The van der Waals surface area contributed by atoms with Crippen LogP contribution in [-0.2, 0) is 4.79 Å². The van der Waals surface area contributed by atoms with E-state index in [4.69, 9.17) is 5.11 Å². The molecule has 0 unspecified atom stereocenters. The fourth-order valence-corrected chi connectivity index (χ4v) is 0.909. The number of halogens is 2. The maximum absolute atomic E-state index is 12.5. The number of aliphatic carboxylic acids is 1. The van der Waals surface area contributed by atoms with E-state index in [-0.39, 0.29) is 18.9 Å². The molecule has 82 valence electrons. The summed E-state index contributed by atoms with van der Waals surface area (Å²) in [6, 6.07) is 0.558. The zero-order chi connectivity index (χ0) is 11.3. The Labute approximate surface area is 84.2 Å². The second-order valence-corrected chi connectivity index (χ2v) is 2.76. The summed E-state index contributed by atoms with van der Waals surface area (Å²) < 4.78 is 25.1. The van der Waals surface area contributed by atoms with Gasteiger partial charge in [0.05, 0.1) is 0 Å².